The van der Waals surface area contributed by atoms with Crippen molar-refractivity contribution in [1.82, 2.24) is 4.90 Å². The van der Waals surface area contributed by atoms with Crippen LogP contribution in [-0.4, -0.2) is 30.7 Å². The van der Waals surface area contributed by atoms with Crippen molar-refractivity contribution in [3.05, 3.63) is 0 Å². The molecular formula is C13H22F3N. The molecule has 17 heavy (non-hydrogen) atoms. The number of nitrogens with zero attached hydrogens (tertiary/aromatic N) is 1. The first-order chi connectivity index (χ1) is 7.80. The van der Waals surface area contributed by atoms with Crippen molar-refractivity contribution < 1.29 is 13.2 Å². The summed E-state index contributed by atoms with van der Waals surface area (Å²) in [6.45, 7) is 6.44. The molecule has 1 spiro atoms. The highest BCUT2D eigenvalue weighted by atomic mass is 19.4. The van der Waals surface area contributed by atoms with E-state index in [1.165, 1.54) is 12.8 Å². The Kier molecular flexibility index (Phi) is 3.45. The van der Waals surface area contributed by atoms with E-state index in [9.17, 15) is 13.2 Å². The van der Waals surface area contributed by atoms with Crippen molar-refractivity contribution in [2.45, 2.75) is 45.7 Å². The lowest BCUT2D eigenvalue weighted by Gasteiger charge is -2.47. The Morgan fingerprint density at radius 2 is 1.94 bits per heavy atom. The largest absolute Gasteiger partial charge is 0.390 e. The predicted molar refractivity (Wildman–Crippen MR) is 61.7 cm³/mol. The summed E-state index contributed by atoms with van der Waals surface area (Å²) in [5.41, 5.74) is 0.376. The summed E-state index contributed by atoms with van der Waals surface area (Å²) in [4.78, 5) is 2.00. The summed E-state index contributed by atoms with van der Waals surface area (Å²) in [6.07, 6.45) is -1.10. The molecule has 1 aliphatic heterocycles. The van der Waals surface area contributed by atoms with Gasteiger partial charge in [-0.2, -0.15) is 13.2 Å². The molecule has 0 aromatic heterocycles. The van der Waals surface area contributed by atoms with Crippen LogP contribution in [0.5, 0.6) is 0 Å². The molecule has 0 amide bonds. The van der Waals surface area contributed by atoms with Crippen LogP contribution < -0.4 is 0 Å². The minimum absolute atomic E-state index is 0.192. The highest BCUT2D eigenvalue weighted by Gasteiger charge is 2.49. The first-order valence-corrected chi connectivity index (χ1v) is 6.59. The lowest BCUT2D eigenvalue weighted by Crippen LogP contribution is -2.42. The van der Waals surface area contributed by atoms with Gasteiger partial charge >= 0.3 is 6.18 Å². The minimum Gasteiger partial charge on any atom is -0.302 e. The molecule has 1 saturated heterocycles. The standard InChI is InChI=1S/C13H22F3N/c1-10(2)11-7-12(8-11)3-5-17(9-12)6-4-13(14,15)16/h10-11H,3-9H2,1-2H3. The zero-order valence-corrected chi connectivity index (χ0v) is 10.7. The zero-order chi connectivity index (χ0) is 12.7. The van der Waals surface area contributed by atoms with Crippen LogP contribution >= 0.6 is 0 Å². The molecular weight excluding hydrogens is 227 g/mol. The van der Waals surface area contributed by atoms with E-state index in [1.54, 1.807) is 0 Å². The molecule has 4 heteroatoms. The predicted octanol–water partition coefficient (Wildman–Crippen LogP) is 3.70. The highest BCUT2D eigenvalue weighted by Crippen LogP contribution is 2.54. The Bertz CT molecular complexity index is 266. The van der Waals surface area contributed by atoms with Gasteiger partial charge in [-0.3, -0.25) is 0 Å². The van der Waals surface area contributed by atoms with Gasteiger partial charge in [0.2, 0.25) is 0 Å². The van der Waals surface area contributed by atoms with Crippen LogP contribution in [0, 0.1) is 17.3 Å². The van der Waals surface area contributed by atoms with Gasteiger partial charge in [0.15, 0.2) is 0 Å². The lowest BCUT2D eigenvalue weighted by atomic mass is 9.58. The summed E-state index contributed by atoms with van der Waals surface area (Å²) in [7, 11) is 0. The number of likely N-dealkylation sites (tertiary alicyclic amines) is 1. The van der Waals surface area contributed by atoms with Crippen LogP contribution in [0.15, 0.2) is 0 Å². The van der Waals surface area contributed by atoms with E-state index >= 15 is 0 Å². The van der Waals surface area contributed by atoms with E-state index in [4.69, 9.17) is 0 Å². The summed E-state index contributed by atoms with van der Waals surface area (Å²) >= 11 is 0. The van der Waals surface area contributed by atoms with E-state index in [-0.39, 0.29) is 6.54 Å². The smallest absolute Gasteiger partial charge is 0.302 e. The summed E-state index contributed by atoms with van der Waals surface area (Å²) in [5.74, 6) is 1.53. The Morgan fingerprint density at radius 3 is 2.47 bits per heavy atom. The SMILES string of the molecule is CC(C)C1CC2(CCN(CCC(F)(F)F)C2)C1. The summed E-state index contributed by atoms with van der Waals surface area (Å²) < 4.78 is 36.4. The van der Waals surface area contributed by atoms with E-state index in [0.29, 0.717) is 5.41 Å². The number of rotatable bonds is 3. The molecule has 0 bridgehead atoms. The minimum atomic E-state index is -4.00. The quantitative estimate of drug-likeness (QED) is 0.737. The second-order valence-electron chi connectivity index (χ2n) is 6.30. The Morgan fingerprint density at radius 1 is 1.29 bits per heavy atom. The van der Waals surface area contributed by atoms with Gasteiger partial charge in [0, 0.05) is 13.1 Å². The van der Waals surface area contributed by atoms with Crippen molar-refractivity contribution in [2.75, 3.05) is 19.6 Å². The fourth-order valence-electron chi connectivity index (χ4n) is 3.36. The maximum Gasteiger partial charge on any atom is 0.390 e. The number of hydrogen-bond donors (Lipinski definition) is 0. The lowest BCUT2D eigenvalue weighted by molar-refractivity contribution is -0.137. The molecule has 1 nitrogen and oxygen atoms in total. The summed E-state index contributed by atoms with van der Waals surface area (Å²) in [5, 5.41) is 0. The Hall–Kier alpha value is -0.250. The fraction of sp³-hybridized carbons (Fsp3) is 1.00. The monoisotopic (exact) mass is 249 g/mol. The second-order valence-corrected chi connectivity index (χ2v) is 6.30. The molecule has 0 aromatic rings. The maximum atomic E-state index is 12.1. The molecule has 0 N–H and O–H groups in total. The van der Waals surface area contributed by atoms with Gasteiger partial charge in [-0.25, -0.2) is 0 Å². The average Bonchev–Trinajstić information content (AvgIpc) is 2.54. The van der Waals surface area contributed by atoms with Crippen molar-refractivity contribution in [2.24, 2.45) is 17.3 Å². The molecule has 2 aliphatic rings. The highest BCUT2D eigenvalue weighted by molar-refractivity contribution is 5.00. The van der Waals surface area contributed by atoms with Crippen LogP contribution in [0.3, 0.4) is 0 Å². The van der Waals surface area contributed by atoms with E-state index in [1.807, 2.05) is 4.90 Å². The molecule has 100 valence electrons. The molecule has 0 radical (unpaired) electrons. The fourth-order valence-corrected chi connectivity index (χ4v) is 3.36. The first kappa shape index (κ1) is 13.2. The van der Waals surface area contributed by atoms with E-state index in [0.717, 1.165) is 31.3 Å². The van der Waals surface area contributed by atoms with Crippen molar-refractivity contribution in [3.63, 3.8) is 0 Å². The Balaban J connectivity index is 1.74. The van der Waals surface area contributed by atoms with Gasteiger partial charge in [-0.1, -0.05) is 13.8 Å². The van der Waals surface area contributed by atoms with Gasteiger partial charge < -0.3 is 4.90 Å². The molecule has 1 saturated carbocycles. The molecule has 2 rings (SSSR count). The number of alkyl halides is 3. The number of hydrogen-bond acceptors (Lipinski definition) is 1. The maximum absolute atomic E-state index is 12.1. The second kappa shape index (κ2) is 4.45. The van der Waals surface area contributed by atoms with Crippen molar-refractivity contribution >= 4 is 0 Å². The zero-order valence-electron chi connectivity index (χ0n) is 10.7. The Labute approximate surface area is 101 Å². The third-order valence-corrected chi connectivity index (χ3v) is 4.56. The van der Waals surface area contributed by atoms with E-state index in [2.05, 4.69) is 13.8 Å². The van der Waals surface area contributed by atoms with Crippen LogP contribution in [0.25, 0.3) is 0 Å². The van der Waals surface area contributed by atoms with Gasteiger partial charge in [0.25, 0.3) is 0 Å². The molecule has 0 unspecified atom stereocenters. The molecule has 0 atom stereocenters. The molecule has 1 aliphatic carbocycles. The van der Waals surface area contributed by atoms with Gasteiger partial charge in [0.1, 0.15) is 0 Å². The van der Waals surface area contributed by atoms with Crippen LogP contribution in [-0.2, 0) is 0 Å². The molecule has 0 aromatic carbocycles. The van der Waals surface area contributed by atoms with Crippen LogP contribution in [0.2, 0.25) is 0 Å². The van der Waals surface area contributed by atoms with Crippen molar-refractivity contribution in [3.8, 4) is 0 Å². The first-order valence-electron chi connectivity index (χ1n) is 6.59. The normalized spacial score (nSPS) is 34.6. The topological polar surface area (TPSA) is 3.24 Å². The van der Waals surface area contributed by atoms with Gasteiger partial charge in [0.05, 0.1) is 6.42 Å². The van der Waals surface area contributed by atoms with Crippen LogP contribution in [0.4, 0.5) is 13.2 Å². The van der Waals surface area contributed by atoms with Gasteiger partial charge in [-0.15, -0.1) is 0 Å². The third kappa shape index (κ3) is 3.15. The molecule has 2 fully saturated rings. The van der Waals surface area contributed by atoms with Crippen molar-refractivity contribution in [1.29, 1.82) is 0 Å². The molecule has 1 heterocycles. The average molecular weight is 249 g/mol. The third-order valence-electron chi connectivity index (χ3n) is 4.56. The van der Waals surface area contributed by atoms with E-state index < -0.39 is 12.6 Å². The number of halogens is 3. The summed E-state index contributed by atoms with van der Waals surface area (Å²) in [6, 6.07) is 0. The van der Waals surface area contributed by atoms with Crippen LogP contribution in [0.1, 0.15) is 39.5 Å². The van der Waals surface area contributed by atoms with Gasteiger partial charge in [-0.05, 0) is 43.1 Å².